The minimum atomic E-state index is 0.0993. The zero-order valence-corrected chi connectivity index (χ0v) is 12.0. The van der Waals surface area contributed by atoms with Crippen LogP contribution < -0.4 is 5.73 Å². The highest BCUT2D eigenvalue weighted by Gasteiger charge is 2.14. The maximum atomic E-state index is 5.85. The van der Waals surface area contributed by atoms with E-state index in [2.05, 4.69) is 36.9 Å². The first kappa shape index (κ1) is 12.7. The van der Waals surface area contributed by atoms with Crippen molar-refractivity contribution >= 4 is 16.6 Å². The molecule has 0 aliphatic heterocycles. The molecule has 4 heteroatoms. The van der Waals surface area contributed by atoms with Gasteiger partial charge >= 0.3 is 0 Å². The second kappa shape index (κ2) is 4.34. The van der Waals surface area contributed by atoms with Crippen molar-refractivity contribution in [3.8, 4) is 5.82 Å². The fourth-order valence-corrected chi connectivity index (χ4v) is 2.17. The molecule has 0 saturated heterocycles. The lowest BCUT2D eigenvalue weighted by Crippen LogP contribution is -2.12. The Morgan fingerprint density at radius 3 is 2.50 bits per heavy atom. The van der Waals surface area contributed by atoms with Gasteiger partial charge in [0.1, 0.15) is 0 Å². The molecule has 3 aromatic rings. The second-order valence-corrected chi connectivity index (χ2v) is 6.03. The highest BCUT2D eigenvalue weighted by molar-refractivity contribution is 5.83. The van der Waals surface area contributed by atoms with Crippen LogP contribution in [0.3, 0.4) is 0 Å². The smallest absolute Gasteiger partial charge is 0.153 e. The third kappa shape index (κ3) is 2.13. The first-order valence-electron chi connectivity index (χ1n) is 6.65. The van der Waals surface area contributed by atoms with Crippen LogP contribution in [0.4, 0.5) is 5.69 Å². The van der Waals surface area contributed by atoms with Crippen molar-refractivity contribution in [1.82, 2.24) is 14.8 Å². The summed E-state index contributed by atoms with van der Waals surface area (Å²) in [5.74, 6) is 0.804. The summed E-state index contributed by atoms with van der Waals surface area (Å²) in [7, 11) is 0. The summed E-state index contributed by atoms with van der Waals surface area (Å²) in [5.41, 5.74) is 8.86. The molecule has 0 aliphatic carbocycles. The zero-order chi connectivity index (χ0) is 14.3. The molecule has 1 aromatic carbocycles. The monoisotopic (exact) mass is 266 g/mol. The number of benzene rings is 1. The molecule has 20 heavy (non-hydrogen) atoms. The van der Waals surface area contributed by atoms with Gasteiger partial charge in [0, 0.05) is 17.3 Å². The van der Waals surface area contributed by atoms with E-state index in [9.17, 15) is 0 Å². The Labute approximate surface area is 118 Å². The van der Waals surface area contributed by atoms with Crippen molar-refractivity contribution in [2.45, 2.75) is 26.2 Å². The van der Waals surface area contributed by atoms with E-state index in [1.165, 1.54) is 5.56 Å². The summed E-state index contributed by atoms with van der Waals surface area (Å²) >= 11 is 0. The van der Waals surface area contributed by atoms with Crippen molar-refractivity contribution < 1.29 is 0 Å². The summed E-state index contributed by atoms with van der Waals surface area (Å²) in [6.07, 6.45) is 3.74. The first-order valence-corrected chi connectivity index (χ1v) is 6.65. The number of aromatic nitrogens is 3. The summed E-state index contributed by atoms with van der Waals surface area (Å²) in [5, 5.41) is 5.45. The molecule has 4 nitrogen and oxygen atoms in total. The third-order valence-corrected chi connectivity index (χ3v) is 3.43. The molecule has 0 bridgehead atoms. The number of fused-ring (bicyclic) bond motifs is 1. The van der Waals surface area contributed by atoms with Gasteiger partial charge in [0.25, 0.3) is 0 Å². The van der Waals surface area contributed by atoms with Crippen LogP contribution in [0.15, 0.2) is 42.7 Å². The normalized spacial score (nSPS) is 11.9. The van der Waals surface area contributed by atoms with Crippen molar-refractivity contribution in [3.63, 3.8) is 0 Å². The van der Waals surface area contributed by atoms with Gasteiger partial charge in [0.2, 0.25) is 0 Å². The predicted octanol–water partition coefficient (Wildman–Crippen LogP) is 3.30. The molecule has 2 N–H and O–H groups in total. The van der Waals surface area contributed by atoms with Crippen LogP contribution >= 0.6 is 0 Å². The van der Waals surface area contributed by atoms with Crippen molar-refractivity contribution in [2.24, 2.45) is 0 Å². The third-order valence-electron chi connectivity index (χ3n) is 3.43. The van der Waals surface area contributed by atoms with E-state index in [1.54, 1.807) is 0 Å². The molecule has 0 radical (unpaired) electrons. The fourth-order valence-electron chi connectivity index (χ4n) is 2.17. The van der Waals surface area contributed by atoms with Gasteiger partial charge in [-0.05, 0) is 35.2 Å². The van der Waals surface area contributed by atoms with Crippen molar-refractivity contribution in [1.29, 1.82) is 0 Å². The number of nitrogens with two attached hydrogens (primary N) is 1. The predicted molar refractivity (Wildman–Crippen MR) is 82.0 cm³/mol. The molecule has 102 valence electrons. The summed E-state index contributed by atoms with van der Waals surface area (Å²) < 4.78 is 1.82. The summed E-state index contributed by atoms with van der Waals surface area (Å²) in [4.78, 5) is 4.53. The number of hydrogen-bond acceptors (Lipinski definition) is 3. The molecular weight excluding hydrogens is 248 g/mol. The lowest BCUT2D eigenvalue weighted by atomic mass is 9.88. The van der Waals surface area contributed by atoms with Crippen LogP contribution in [0.2, 0.25) is 0 Å². The molecule has 0 aliphatic rings. The van der Waals surface area contributed by atoms with E-state index in [4.69, 9.17) is 5.73 Å². The van der Waals surface area contributed by atoms with Gasteiger partial charge in [-0.15, -0.1) is 0 Å². The molecule has 0 atom stereocenters. The van der Waals surface area contributed by atoms with Crippen molar-refractivity contribution in [2.75, 3.05) is 5.73 Å². The van der Waals surface area contributed by atoms with E-state index in [0.717, 1.165) is 22.4 Å². The van der Waals surface area contributed by atoms with E-state index >= 15 is 0 Å². The van der Waals surface area contributed by atoms with Crippen LogP contribution in [-0.4, -0.2) is 14.8 Å². The van der Waals surface area contributed by atoms with E-state index in [1.807, 2.05) is 41.3 Å². The number of hydrogen-bond donors (Lipinski definition) is 1. The van der Waals surface area contributed by atoms with Crippen LogP contribution in [0, 0.1) is 0 Å². The van der Waals surface area contributed by atoms with Gasteiger partial charge in [-0.25, -0.2) is 9.67 Å². The molecule has 0 unspecified atom stereocenters. The van der Waals surface area contributed by atoms with Crippen molar-refractivity contribution in [3.05, 3.63) is 48.3 Å². The molecule has 3 rings (SSSR count). The van der Waals surface area contributed by atoms with Gasteiger partial charge in [0.05, 0.1) is 11.7 Å². The average Bonchev–Trinajstić information content (AvgIpc) is 2.81. The number of nitrogen functional groups attached to an aromatic ring is 1. The maximum absolute atomic E-state index is 5.85. The number of pyridine rings is 1. The van der Waals surface area contributed by atoms with E-state index < -0.39 is 0 Å². The summed E-state index contributed by atoms with van der Waals surface area (Å²) in [6, 6.07) is 9.86. The van der Waals surface area contributed by atoms with Gasteiger partial charge < -0.3 is 5.73 Å². The molecule has 0 fully saturated rings. The Morgan fingerprint density at radius 2 is 1.85 bits per heavy atom. The van der Waals surface area contributed by atoms with Crippen LogP contribution in [0.1, 0.15) is 26.3 Å². The highest BCUT2D eigenvalue weighted by atomic mass is 15.3. The Kier molecular flexibility index (Phi) is 2.74. The summed E-state index contributed by atoms with van der Waals surface area (Å²) in [6.45, 7) is 6.52. The van der Waals surface area contributed by atoms with Crippen LogP contribution in [0.25, 0.3) is 16.7 Å². The minimum Gasteiger partial charge on any atom is -0.399 e. The Balaban J connectivity index is 2.09. The Bertz CT molecular complexity index is 748. The standard InChI is InChI=1S/C16H18N4/c1-16(2,3)12-5-7-15(18-10-12)20-14-8-13(17)6-4-11(14)9-19-20/h4-10H,17H2,1-3H3. The molecule has 0 amide bonds. The average molecular weight is 266 g/mol. The second-order valence-electron chi connectivity index (χ2n) is 6.03. The Hall–Kier alpha value is -2.36. The van der Waals surface area contributed by atoms with E-state index in [0.29, 0.717) is 0 Å². The highest BCUT2D eigenvalue weighted by Crippen LogP contribution is 2.23. The quantitative estimate of drug-likeness (QED) is 0.687. The largest absolute Gasteiger partial charge is 0.399 e. The molecule has 2 aromatic heterocycles. The number of rotatable bonds is 1. The zero-order valence-electron chi connectivity index (χ0n) is 12.0. The molecule has 0 saturated carbocycles. The molecule has 0 spiro atoms. The van der Waals surface area contributed by atoms with Gasteiger partial charge in [-0.2, -0.15) is 5.10 Å². The number of nitrogens with zero attached hydrogens (tertiary/aromatic N) is 3. The lowest BCUT2D eigenvalue weighted by molar-refractivity contribution is 0.587. The van der Waals surface area contributed by atoms with Gasteiger partial charge in [-0.1, -0.05) is 26.8 Å². The topological polar surface area (TPSA) is 56.7 Å². The van der Waals surface area contributed by atoms with Crippen LogP contribution in [-0.2, 0) is 5.41 Å². The SMILES string of the molecule is CC(C)(C)c1ccc(-n2ncc3ccc(N)cc32)nc1. The van der Waals surface area contributed by atoms with Gasteiger partial charge in [-0.3, -0.25) is 0 Å². The first-order chi connectivity index (χ1) is 9.45. The Morgan fingerprint density at radius 1 is 1.05 bits per heavy atom. The molecular formula is C16H18N4. The maximum Gasteiger partial charge on any atom is 0.153 e. The lowest BCUT2D eigenvalue weighted by Gasteiger charge is -2.18. The minimum absolute atomic E-state index is 0.0993. The molecule has 2 heterocycles. The van der Waals surface area contributed by atoms with Crippen LogP contribution in [0.5, 0.6) is 0 Å². The number of anilines is 1. The fraction of sp³-hybridized carbons (Fsp3) is 0.250. The van der Waals surface area contributed by atoms with E-state index in [-0.39, 0.29) is 5.41 Å². The van der Waals surface area contributed by atoms with Gasteiger partial charge in [0.15, 0.2) is 5.82 Å².